The molecule has 0 spiro atoms. The molecule has 1 fully saturated rings. The molecule has 4 rings (SSSR count). The first-order valence-electron chi connectivity index (χ1n) is 8.29. The van der Waals surface area contributed by atoms with Gasteiger partial charge in [0, 0.05) is 38.4 Å². The first-order valence-corrected chi connectivity index (χ1v) is 8.29. The van der Waals surface area contributed by atoms with Crippen LogP contribution in [-0.4, -0.2) is 40.5 Å². The maximum Gasteiger partial charge on any atom is 0.292 e. The molecule has 3 heterocycles. The second-order valence-electron chi connectivity index (χ2n) is 6.04. The van der Waals surface area contributed by atoms with Gasteiger partial charge in [-0.1, -0.05) is 18.2 Å². The molecule has 130 valence electrons. The number of fused-ring (bicyclic) bond motifs is 1. The number of hydrogen-bond donors (Lipinski definition) is 0. The van der Waals surface area contributed by atoms with Gasteiger partial charge in [0.2, 0.25) is 0 Å². The molecule has 2 aromatic heterocycles. The zero-order chi connectivity index (χ0) is 18.1. The highest BCUT2D eigenvalue weighted by atomic mass is 16.6. The quantitative estimate of drug-likeness (QED) is 0.533. The SMILES string of the molecule is N#Cc1c(N2CCN(c3ccccc3[N+](=O)[O-])CC2)nc2ccccn12. The number of nitriles is 1. The Hall–Kier alpha value is -3.60. The lowest BCUT2D eigenvalue weighted by Gasteiger charge is -2.36. The Bertz CT molecular complexity index is 1010. The lowest BCUT2D eigenvalue weighted by atomic mass is 10.2. The summed E-state index contributed by atoms with van der Waals surface area (Å²) in [4.78, 5) is 19.6. The summed E-state index contributed by atoms with van der Waals surface area (Å²) in [6.45, 7) is 2.54. The van der Waals surface area contributed by atoms with Crippen LogP contribution in [0.4, 0.5) is 17.2 Å². The van der Waals surface area contributed by atoms with Gasteiger partial charge >= 0.3 is 0 Å². The van der Waals surface area contributed by atoms with Gasteiger partial charge in [-0.2, -0.15) is 5.26 Å². The number of piperazine rings is 1. The predicted molar refractivity (Wildman–Crippen MR) is 97.4 cm³/mol. The van der Waals surface area contributed by atoms with Gasteiger partial charge in [0.15, 0.2) is 11.5 Å². The van der Waals surface area contributed by atoms with Crippen molar-refractivity contribution in [2.24, 2.45) is 0 Å². The number of pyridine rings is 1. The molecule has 0 bridgehead atoms. The van der Waals surface area contributed by atoms with Gasteiger partial charge in [0.1, 0.15) is 17.4 Å². The Balaban J connectivity index is 1.58. The third-order valence-electron chi connectivity index (χ3n) is 4.62. The van der Waals surface area contributed by atoms with Crippen molar-refractivity contribution in [2.45, 2.75) is 0 Å². The van der Waals surface area contributed by atoms with Gasteiger partial charge in [-0.25, -0.2) is 4.98 Å². The second-order valence-corrected chi connectivity index (χ2v) is 6.04. The molecule has 0 saturated carbocycles. The molecule has 0 atom stereocenters. The van der Waals surface area contributed by atoms with Crippen LogP contribution in [0.1, 0.15) is 5.69 Å². The highest BCUT2D eigenvalue weighted by molar-refractivity contribution is 5.65. The molecule has 1 saturated heterocycles. The standard InChI is InChI=1S/C18H16N6O2/c19-13-16-18(20-17-7-3-4-8-23(16)17)22-11-9-21(10-12-22)14-5-1-2-6-15(14)24(25)26/h1-8H,9-12H2. The molecular weight excluding hydrogens is 332 g/mol. The van der Waals surface area contributed by atoms with Crippen LogP contribution in [0, 0.1) is 21.4 Å². The zero-order valence-electron chi connectivity index (χ0n) is 13.9. The van der Waals surface area contributed by atoms with Crippen LogP contribution in [0.3, 0.4) is 0 Å². The summed E-state index contributed by atoms with van der Waals surface area (Å²) in [5, 5.41) is 20.8. The number of nitrogens with zero attached hydrogens (tertiary/aromatic N) is 6. The van der Waals surface area contributed by atoms with E-state index in [-0.39, 0.29) is 10.6 Å². The average molecular weight is 348 g/mol. The molecule has 0 unspecified atom stereocenters. The number of hydrogen-bond acceptors (Lipinski definition) is 6. The van der Waals surface area contributed by atoms with Crippen molar-refractivity contribution in [1.29, 1.82) is 5.26 Å². The molecule has 8 heteroatoms. The lowest BCUT2D eigenvalue weighted by molar-refractivity contribution is -0.384. The maximum atomic E-state index is 11.3. The summed E-state index contributed by atoms with van der Waals surface area (Å²) in [7, 11) is 0. The van der Waals surface area contributed by atoms with Crippen LogP contribution in [0.15, 0.2) is 48.7 Å². The molecule has 1 aliphatic rings. The van der Waals surface area contributed by atoms with Gasteiger partial charge < -0.3 is 9.80 Å². The summed E-state index contributed by atoms with van der Waals surface area (Å²) in [5.41, 5.74) is 2.00. The van der Waals surface area contributed by atoms with Crippen LogP contribution >= 0.6 is 0 Å². The van der Waals surface area contributed by atoms with Crippen molar-refractivity contribution >= 4 is 22.8 Å². The van der Waals surface area contributed by atoms with E-state index in [1.54, 1.807) is 16.5 Å². The molecular formula is C18H16N6O2. The average Bonchev–Trinajstić information content (AvgIpc) is 3.06. The number of nitro groups is 1. The molecule has 0 amide bonds. The molecule has 0 N–H and O–H groups in total. The third-order valence-corrected chi connectivity index (χ3v) is 4.62. The van der Waals surface area contributed by atoms with E-state index >= 15 is 0 Å². The Kier molecular flexibility index (Phi) is 3.89. The first-order chi connectivity index (χ1) is 12.7. The van der Waals surface area contributed by atoms with E-state index in [9.17, 15) is 15.4 Å². The van der Waals surface area contributed by atoms with Crippen LogP contribution < -0.4 is 9.80 Å². The number of nitro benzene ring substituents is 1. The minimum atomic E-state index is -0.350. The van der Waals surface area contributed by atoms with Gasteiger partial charge in [-0.15, -0.1) is 0 Å². The van der Waals surface area contributed by atoms with Crippen LogP contribution in [0.2, 0.25) is 0 Å². The fraction of sp³-hybridized carbons (Fsp3) is 0.222. The molecule has 8 nitrogen and oxygen atoms in total. The van der Waals surface area contributed by atoms with Gasteiger partial charge in [0.25, 0.3) is 5.69 Å². The van der Waals surface area contributed by atoms with E-state index in [0.29, 0.717) is 43.4 Å². The third kappa shape index (κ3) is 2.59. The van der Waals surface area contributed by atoms with Crippen molar-refractivity contribution in [3.63, 3.8) is 0 Å². The van der Waals surface area contributed by atoms with Crippen LogP contribution in [0.5, 0.6) is 0 Å². The van der Waals surface area contributed by atoms with E-state index in [4.69, 9.17) is 0 Å². The van der Waals surface area contributed by atoms with Gasteiger partial charge in [-0.05, 0) is 18.2 Å². The Morgan fingerprint density at radius 3 is 2.46 bits per heavy atom. The number of anilines is 2. The number of benzene rings is 1. The molecule has 0 radical (unpaired) electrons. The Morgan fingerprint density at radius 1 is 1.04 bits per heavy atom. The highest BCUT2D eigenvalue weighted by Gasteiger charge is 2.26. The minimum absolute atomic E-state index is 0.117. The second kappa shape index (κ2) is 6.37. The van der Waals surface area contributed by atoms with Crippen molar-refractivity contribution in [3.05, 3.63) is 64.5 Å². The largest absolute Gasteiger partial charge is 0.362 e. The van der Waals surface area contributed by atoms with Gasteiger partial charge in [-0.3, -0.25) is 14.5 Å². The molecule has 1 aromatic carbocycles. The maximum absolute atomic E-state index is 11.3. The topological polar surface area (TPSA) is 90.7 Å². The van der Waals surface area contributed by atoms with Crippen LogP contribution in [-0.2, 0) is 0 Å². The van der Waals surface area contributed by atoms with E-state index in [0.717, 1.165) is 5.65 Å². The van der Waals surface area contributed by atoms with Crippen LogP contribution in [0.25, 0.3) is 5.65 Å². The highest BCUT2D eigenvalue weighted by Crippen LogP contribution is 2.29. The summed E-state index contributed by atoms with van der Waals surface area (Å²) in [5.74, 6) is 0.668. The van der Waals surface area contributed by atoms with Crippen molar-refractivity contribution in [1.82, 2.24) is 9.38 Å². The number of para-hydroxylation sites is 2. The zero-order valence-corrected chi connectivity index (χ0v) is 13.9. The summed E-state index contributed by atoms with van der Waals surface area (Å²) in [6.07, 6.45) is 1.83. The molecule has 0 aliphatic carbocycles. The van der Waals surface area contributed by atoms with Crippen molar-refractivity contribution < 1.29 is 4.92 Å². The Morgan fingerprint density at radius 2 is 1.73 bits per heavy atom. The monoisotopic (exact) mass is 348 g/mol. The lowest BCUT2D eigenvalue weighted by Crippen LogP contribution is -2.47. The predicted octanol–water partition coefficient (Wildman–Crippen LogP) is 2.44. The number of rotatable bonds is 3. The van der Waals surface area contributed by atoms with Crippen molar-refractivity contribution in [3.8, 4) is 6.07 Å². The summed E-state index contributed by atoms with van der Waals surface area (Å²) in [6, 6.07) is 14.7. The smallest absolute Gasteiger partial charge is 0.292 e. The van der Waals surface area contributed by atoms with E-state index in [1.165, 1.54) is 6.07 Å². The molecule has 26 heavy (non-hydrogen) atoms. The van der Waals surface area contributed by atoms with Gasteiger partial charge in [0.05, 0.1) is 4.92 Å². The van der Waals surface area contributed by atoms with E-state index in [2.05, 4.69) is 16.0 Å². The summed E-state index contributed by atoms with van der Waals surface area (Å²) < 4.78 is 1.78. The van der Waals surface area contributed by atoms with E-state index in [1.807, 2.05) is 35.4 Å². The fourth-order valence-corrected chi connectivity index (χ4v) is 3.35. The van der Waals surface area contributed by atoms with Crippen molar-refractivity contribution in [2.75, 3.05) is 36.0 Å². The van der Waals surface area contributed by atoms with E-state index < -0.39 is 0 Å². The summed E-state index contributed by atoms with van der Waals surface area (Å²) >= 11 is 0. The normalized spacial score (nSPS) is 14.4. The number of aromatic nitrogens is 2. The fourth-order valence-electron chi connectivity index (χ4n) is 3.35. The first kappa shape index (κ1) is 15.9. The number of imidazole rings is 1. The minimum Gasteiger partial charge on any atom is -0.362 e. The molecule has 3 aromatic rings. The molecule has 1 aliphatic heterocycles. The Labute approximate surface area is 149 Å².